The molecule has 3 aliphatic rings. The molecule has 0 spiro atoms. The van der Waals surface area contributed by atoms with E-state index < -0.39 is 70.1 Å². The van der Waals surface area contributed by atoms with Gasteiger partial charge in [0.1, 0.15) is 22.8 Å². The number of amides is 1. The number of rotatable bonds is 6. The largest absolute Gasteiger partial charge is 0.510 e. The van der Waals surface area contributed by atoms with E-state index in [1.807, 2.05) is 6.92 Å². The Bertz CT molecular complexity index is 1200. The zero-order valence-corrected chi connectivity index (χ0v) is 20.7. The first kappa shape index (κ1) is 25.9. The van der Waals surface area contributed by atoms with Gasteiger partial charge in [0.05, 0.1) is 30.2 Å². The summed E-state index contributed by atoms with van der Waals surface area (Å²) in [6.07, 6.45) is 0.0905. The monoisotopic (exact) mass is 500 g/mol. The van der Waals surface area contributed by atoms with Crippen LogP contribution in [0.25, 0.3) is 0 Å². The summed E-state index contributed by atoms with van der Waals surface area (Å²) in [5.41, 5.74) is 2.07. The van der Waals surface area contributed by atoms with Gasteiger partial charge in [-0.2, -0.15) is 0 Å². The number of fused-ring (bicyclic) bond motifs is 3. The number of carbonyl (C=O) groups is 3. The number of hydrogen-bond donors (Lipinski definition) is 5. The molecule has 0 aliphatic heterocycles. The average molecular weight is 501 g/mol. The van der Waals surface area contributed by atoms with Crippen LogP contribution in [0.1, 0.15) is 48.5 Å². The summed E-state index contributed by atoms with van der Waals surface area (Å²) < 4.78 is 5.84. The first-order chi connectivity index (χ1) is 16.9. The van der Waals surface area contributed by atoms with Crippen LogP contribution in [-0.4, -0.2) is 81.2 Å². The lowest BCUT2D eigenvalue weighted by Gasteiger charge is -2.53. The molecule has 10 nitrogen and oxygen atoms in total. The van der Waals surface area contributed by atoms with Crippen molar-refractivity contribution in [2.24, 2.45) is 17.6 Å². The van der Waals surface area contributed by atoms with Gasteiger partial charge >= 0.3 is 0 Å². The maximum absolute atomic E-state index is 13.8. The van der Waals surface area contributed by atoms with E-state index in [0.29, 0.717) is 17.9 Å². The van der Waals surface area contributed by atoms with Gasteiger partial charge in [-0.3, -0.25) is 19.3 Å². The van der Waals surface area contributed by atoms with Gasteiger partial charge in [-0.15, -0.1) is 0 Å². The van der Waals surface area contributed by atoms with E-state index >= 15 is 0 Å². The third kappa shape index (κ3) is 3.39. The van der Waals surface area contributed by atoms with Crippen molar-refractivity contribution in [2.75, 3.05) is 20.7 Å². The zero-order chi connectivity index (χ0) is 26.7. The van der Waals surface area contributed by atoms with Crippen molar-refractivity contribution in [1.82, 2.24) is 4.90 Å². The number of likely N-dealkylation sites (N-methyl/N-ethyl adjacent to an activating group) is 1. The maximum atomic E-state index is 13.8. The van der Waals surface area contributed by atoms with Gasteiger partial charge in [0, 0.05) is 11.5 Å². The van der Waals surface area contributed by atoms with Crippen molar-refractivity contribution in [3.05, 3.63) is 52.0 Å². The summed E-state index contributed by atoms with van der Waals surface area (Å²) in [7, 11) is 3.03. The summed E-state index contributed by atoms with van der Waals surface area (Å²) in [6.45, 7) is 4.14. The minimum atomic E-state index is -2.86. The molecule has 3 aliphatic carbocycles. The summed E-state index contributed by atoms with van der Waals surface area (Å²) in [6, 6.07) is 3.86. The number of hydrogen-bond acceptors (Lipinski definition) is 9. The summed E-state index contributed by atoms with van der Waals surface area (Å²) >= 11 is 0. The standard InChI is InChI=1S/C26H32N2O8/c1-5-6-10-36-13-9-7-8-12-11(2)14-16(20(29)15(12)13)23(32)26(35)18(21(14)30)19(28(3)4)22(31)17(24(26)33)25(27)34/h7-9,11,14,18-19,21,30-32,35H,5-6,10H2,1-4H3,(H2,27,34)/t11-,14+,18+,19-,21-,26-/m0/s1. The summed E-state index contributed by atoms with van der Waals surface area (Å²) in [5, 5.41) is 45.5. The topological polar surface area (TPSA) is 171 Å². The van der Waals surface area contributed by atoms with E-state index in [4.69, 9.17) is 10.5 Å². The Morgan fingerprint density at radius 3 is 2.47 bits per heavy atom. The Balaban J connectivity index is 1.97. The number of aliphatic hydroxyl groups is 4. The molecule has 0 radical (unpaired) electrons. The van der Waals surface area contributed by atoms with E-state index in [1.54, 1.807) is 25.1 Å². The van der Waals surface area contributed by atoms with Crippen LogP contribution in [0.4, 0.5) is 0 Å². The number of ether oxygens (including phenoxy) is 1. The zero-order valence-electron chi connectivity index (χ0n) is 20.7. The Labute approximate surface area is 208 Å². The fourth-order valence-electron chi connectivity index (χ4n) is 6.02. The number of nitrogens with two attached hydrogens (primary N) is 1. The quantitative estimate of drug-likeness (QED) is 0.284. The van der Waals surface area contributed by atoms with E-state index in [2.05, 4.69) is 0 Å². The molecule has 1 aromatic carbocycles. The number of nitrogens with zero attached hydrogens (tertiary/aromatic N) is 1. The van der Waals surface area contributed by atoms with Crippen LogP contribution in [0.2, 0.25) is 0 Å². The number of benzene rings is 1. The Kier molecular flexibility index (Phi) is 6.48. The van der Waals surface area contributed by atoms with E-state index in [-0.39, 0.29) is 11.1 Å². The smallest absolute Gasteiger partial charge is 0.255 e. The normalized spacial score (nSPS) is 31.8. The second-order valence-corrected chi connectivity index (χ2v) is 9.97. The molecular weight excluding hydrogens is 468 g/mol. The van der Waals surface area contributed by atoms with Crippen LogP contribution in [0.15, 0.2) is 40.9 Å². The second-order valence-electron chi connectivity index (χ2n) is 9.97. The average Bonchev–Trinajstić information content (AvgIpc) is 2.81. The van der Waals surface area contributed by atoms with Crippen molar-refractivity contribution in [2.45, 2.75) is 50.4 Å². The fourth-order valence-corrected chi connectivity index (χ4v) is 6.02. The van der Waals surface area contributed by atoms with Crippen molar-refractivity contribution < 1.29 is 39.5 Å². The minimum absolute atomic E-state index is 0.189. The SMILES string of the molecule is CCCCOc1cccc2c1C(=O)C1=C(O)[C@]3(O)C(=O)C(C(N)=O)=C(O)[C@@H](N(C)C)[C@@H]3[C@@H](O)[C@@H]1[C@H]2C. The van der Waals surface area contributed by atoms with Crippen molar-refractivity contribution >= 4 is 17.5 Å². The molecule has 1 amide bonds. The minimum Gasteiger partial charge on any atom is -0.510 e. The van der Waals surface area contributed by atoms with Crippen molar-refractivity contribution in [1.29, 1.82) is 0 Å². The molecule has 0 bridgehead atoms. The van der Waals surface area contributed by atoms with Crippen LogP contribution in [0.3, 0.4) is 0 Å². The molecule has 6 atom stereocenters. The van der Waals surface area contributed by atoms with Crippen molar-refractivity contribution in [3.63, 3.8) is 0 Å². The van der Waals surface area contributed by atoms with Gasteiger partial charge in [0.15, 0.2) is 11.4 Å². The van der Waals surface area contributed by atoms with Gasteiger partial charge in [-0.1, -0.05) is 32.4 Å². The predicted molar refractivity (Wildman–Crippen MR) is 129 cm³/mol. The van der Waals surface area contributed by atoms with Gasteiger partial charge in [-0.25, -0.2) is 0 Å². The van der Waals surface area contributed by atoms with Crippen LogP contribution >= 0.6 is 0 Å². The number of ketones is 2. The van der Waals surface area contributed by atoms with Crippen LogP contribution < -0.4 is 10.5 Å². The van der Waals surface area contributed by atoms with Crippen molar-refractivity contribution in [3.8, 4) is 5.75 Å². The predicted octanol–water partition coefficient (Wildman–Crippen LogP) is 1.13. The van der Waals surface area contributed by atoms with Gasteiger partial charge in [0.25, 0.3) is 5.91 Å². The van der Waals surface area contributed by atoms with Gasteiger partial charge in [-0.05, 0) is 38.1 Å². The van der Waals surface area contributed by atoms with E-state index in [0.717, 1.165) is 12.8 Å². The van der Waals surface area contributed by atoms with Crippen LogP contribution in [0.5, 0.6) is 5.75 Å². The Morgan fingerprint density at radius 2 is 1.89 bits per heavy atom. The summed E-state index contributed by atoms with van der Waals surface area (Å²) in [5.74, 6) is -7.71. The third-order valence-electron chi connectivity index (χ3n) is 7.74. The first-order valence-corrected chi connectivity index (χ1v) is 12.0. The summed E-state index contributed by atoms with van der Waals surface area (Å²) in [4.78, 5) is 40.7. The molecule has 0 unspecified atom stereocenters. The van der Waals surface area contributed by atoms with Crippen LogP contribution in [0, 0.1) is 11.8 Å². The molecule has 10 heteroatoms. The fraction of sp³-hybridized carbons (Fsp3) is 0.500. The van der Waals surface area contributed by atoms with Gasteiger partial charge in [0.2, 0.25) is 5.78 Å². The third-order valence-corrected chi connectivity index (χ3v) is 7.74. The molecular formula is C26H32N2O8. The Morgan fingerprint density at radius 1 is 1.22 bits per heavy atom. The molecule has 0 saturated heterocycles. The lowest BCUT2D eigenvalue weighted by atomic mass is 9.55. The second kappa shape index (κ2) is 9.02. The lowest BCUT2D eigenvalue weighted by Crippen LogP contribution is -2.68. The molecule has 36 heavy (non-hydrogen) atoms. The molecule has 6 N–H and O–H groups in total. The highest BCUT2D eigenvalue weighted by atomic mass is 16.5. The molecule has 0 heterocycles. The maximum Gasteiger partial charge on any atom is 0.255 e. The molecule has 1 aromatic rings. The molecule has 194 valence electrons. The van der Waals surface area contributed by atoms with E-state index in [1.165, 1.54) is 19.0 Å². The number of primary amides is 1. The molecule has 4 rings (SSSR count). The van der Waals surface area contributed by atoms with E-state index in [9.17, 15) is 34.8 Å². The molecule has 0 saturated carbocycles. The van der Waals surface area contributed by atoms with Crippen LogP contribution in [-0.2, 0) is 9.59 Å². The highest BCUT2D eigenvalue weighted by Gasteiger charge is 2.67. The first-order valence-electron chi connectivity index (χ1n) is 12.0. The number of carbonyl (C=O) groups excluding carboxylic acids is 3. The lowest BCUT2D eigenvalue weighted by molar-refractivity contribution is -0.162. The number of unbranched alkanes of at least 4 members (excludes halogenated alkanes) is 1. The number of Topliss-reactive ketones (excluding diaryl/α,β-unsaturated/α-hetero) is 2. The number of aliphatic hydroxyl groups excluding tert-OH is 3. The highest BCUT2D eigenvalue weighted by molar-refractivity contribution is 6.25. The highest BCUT2D eigenvalue weighted by Crippen LogP contribution is 2.55. The Hall–Kier alpha value is -3.21. The molecule has 0 fully saturated rings. The molecule has 0 aromatic heterocycles. The van der Waals surface area contributed by atoms with Gasteiger partial charge < -0.3 is 30.9 Å².